The zero-order chi connectivity index (χ0) is 10.7. The molecule has 1 heterocycles. The van der Waals surface area contributed by atoms with Crippen molar-refractivity contribution in [1.29, 1.82) is 0 Å². The summed E-state index contributed by atoms with van der Waals surface area (Å²) >= 11 is 3.25. The van der Waals surface area contributed by atoms with Crippen LogP contribution in [0.2, 0.25) is 0 Å². The Morgan fingerprint density at radius 3 is 2.87 bits per heavy atom. The lowest BCUT2D eigenvalue weighted by atomic mass is 10.3. The average Bonchev–Trinajstić information content (AvgIpc) is 2.25. The van der Waals surface area contributed by atoms with Crippen LogP contribution in [0.15, 0.2) is 41.3 Å². The highest BCUT2D eigenvalue weighted by Crippen LogP contribution is 2.28. The van der Waals surface area contributed by atoms with Gasteiger partial charge in [0.15, 0.2) is 0 Å². The van der Waals surface area contributed by atoms with Crippen LogP contribution in [0.5, 0.6) is 11.6 Å². The maximum absolute atomic E-state index is 12.9. The highest BCUT2D eigenvalue weighted by molar-refractivity contribution is 9.10. The number of ether oxygens (including phenoxy) is 1. The first-order valence-corrected chi connectivity index (χ1v) is 4.94. The van der Waals surface area contributed by atoms with Gasteiger partial charge in [-0.25, -0.2) is 14.4 Å². The summed E-state index contributed by atoms with van der Waals surface area (Å²) < 4.78 is 18.9. The maximum Gasteiger partial charge on any atom is 0.222 e. The first kappa shape index (κ1) is 10.0. The molecule has 2 aromatic rings. The lowest BCUT2D eigenvalue weighted by molar-refractivity contribution is 0.454. The number of rotatable bonds is 2. The molecule has 0 amide bonds. The van der Waals surface area contributed by atoms with Crippen LogP contribution in [0.3, 0.4) is 0 Å². The molecule has 0 spiro atoms. The van der Waals surface area contributed by atoms with Crippen LogP contribution in [0, 0.1) is 5.82 Å². The van der Waals surface area contributed by atoms with E-state index in [-0.39, 0.29) is 5.82 Å². The molecule has 5 heteroatoms. The summed E-state index contributed by atoms with van der Waals surface area (Å²) in [6.07, 6.45) is 2.91. The van der Waals surface area contributed by atoms with Gasteiger partial charge in [0, 0.05) is 18.3 Å². The lowest BCUT2D eigenvalue weighted by Crippen LogP contribution is -1.89. The molecule has 0 N–H and O–H groups in total. The van der Waals surface area contributed by atoms with Crippen molar-refractivity contribution in [2.45, 2.75) is 0 Å². The Labute approximate surface area is 94.1 Å². The summed E-state index contributed by atoms with van der Waals surface area (Å²) in [6.45, 7) is 0. The number of hydrogen-bond donors (Lipinski definition) is 0. The molecule has 0 bridgehead atoms. The van der Waals surface area contributed by atoms with Crippen molar-refractivity contribution in [1.82, 2.24) is 9.97 Å². The fourth-order valence-corrected chi connectivity index (χ4v) is 1.33. The number of nitrogens with zero attached hydrogens (tertiary/aromatic N) is 2. The van der Waals surface area contributed by atoms with Gasteiger partial charge < -0.3 is 4.74 Å². The van der Waals surface area contributed by atoms with Gasteiger partial charge in [-0.1, -0.05) is 0 Å². The van der Waals surface area contributed by atoms with Crippen LogP contribution < -0.4 is 4.74 Å². The minimum absolute atomic E-state index is 0.359. The van der Waals surface area contributed by atoms with Crippen molar-refractivity contribution in [2.24, 2.45) is 0 Å². The van der Waals surface area contributed by atoms with E-state index in [1.165, 1.54) is 18.5 Å². The summed E-state index contributed by atoms with van der Waals surface area (Å²) in [4.78, 5) is 7.62. The fraction of sp³-hybridized carbons (Fsp3) is 0. The van der Waals surface area contributed by atoms with E-state index in [1.54, 1.807) is 18.3 Å². The number of aromatic nitrogens is 2. The van der Waals surface area contributed by atoms with E-state index in [9.17, 15) is 4.39 Å². The molecule has 0 radical (unpaired) electrons. The van der Waals surface area contributed by atoms with E-state index < -0.39 is 0 Å². The molecule has 76 valence electrons. The molecule has 0 aliphatic carbocycles. The minimum Gasteiger partial charge on any atom is -0.438 e. The molecule has 0 aliphatic rings. The van der Waals surface area contributed by atoms with E-state index in [0.29, 0.717) is 16.1 Å². The molecule has 0 saturated heterocycles. The molecular formula is C10H6BrFN2O. The molecule has 0 atom stereocenters. The van der Waals surface area contributed by atoms with E-state index in [4.69, 9.17) is 4.74 Å². The van der Waals surface area contributed by atoms with Crippen molar-refractivity contribution < 1.29 is 9.13 Å². The summed E-state index contributed by atoms with van der Waals surface area (Å²) in [6, 6.07) is 5.80. The minimum atomic E-state index is -0.359. The second-order valence-electron chi connectivity index (χ2n) is 2.72. The van der Waals surface area contributed by atoms with Gasteiger partial charge in [0.25, 0.3) is 0 Å². The van der Waals surface area contributed by atoms with Crippen LogP contribution >= 0.6 is 15.9 Å². The summed E-state index contributed by atoms with van der Waals surface area (Å²) in [5, 5.41) is 0. The van der Waals surface area contributed by atoms with Gasteiger partial charge in [-0.15, -0.1) is 0 Å². The largest absolute Gasteiger partial charge is 0.438 e. The van der Waals surface area contributed by atoms with E-state index in [1.807, 2.05) is 0 Å². The highest BCUT2D eigenvalue weighted by atomic mass is 79.9. The second kappa shape index (κ2) is 4.35. The number of benzene rings is 1. The Morgan fingerprint density at radius 2 is 2.13 bits per heavy atom. The number of halogens is 2. The molecule has 2 rings (SSSR count). The molecule has 0 saturated carbocycles. The molecule has 0 aliphatic heterocycles. The summed E-state index contributed by atoms with van der Waals surface area (Å²) in [7, 11) is 0. The van der Waals surface area contributed by atoms with Gasteiger partial charge in [0.1, 0.15) is 17.9 Å². The molecule has 3 nitrogen and oxygen atoms in total. The van der Waals surface area contributed by atoms with E-state index in [2.05, 4.69) is 25.9 Å². The SMILES string of the molecule is Fc1ccc(Br)c(Oc2ccncn2)c1. The smallest absolute Gasteiger partial charge is 0.222 e. The van der Waals surface area contributed by atoms with Gasteiger partial charge >= 0.3 is 0 Å². The van der Waals surface area contributed by atoms with E-state index in [0.717, 1.165) is 0 Å². The van der Waals surface area contributed by atoms with Crippen molar-refractivity contribution in [3.63, 3.8) is 0 Å². The van der Waals surface area contributed by atoms with Crippen molar-refractivity contribution >= 4 is 15.9 Å². The van der Waals surface area contributed by atoms with Gasteiger partial charge in [0.05, 0.1) is 4.47 Å². The lowest BCUT2D eigenvalue weighted by Gasteiger charge is -2.05. The summed E-state index contributed by atoms with van der Waals surface area (Å²) in [5.74, 6) is 0.396. The molecule has 1 aromatic heterocycles. The third kappa shape index (κ3) is 2.50. The van der Waals surface area contributed by atoms with Crippen LogP contribution in [-0.2, 0) is 0 Å². The van der Waals surface area contributed by atoms with Gasteiger partial charge in [0.2, 0.25) is 5.88 Å². The Balaban J connectivity index is 2.28. The molecule has 0 unspecified atom stereocenters. The van der Waals surface area contributed by atoms with Gasteiger partial charge in [-0.3, -0.25) is 0 Å². The standard InChI is InChI=1S/C10H6BrFN2O/c11-8-2-1-7(12)5-9(8)15-10-3-4-13-6-14-10/h1-6H. The van der Waals surface area contributed by atoms with Gasteiger partial charge in [-0.05, 0) is 28.1 Å². The predicted octanol–water partition coefficient (Wildman–Crippen LogP) is 3.17. The first-order chi connectivity index (χ1) is 7.25. The van der Waals surface area contributed by atoms with Gasteiger partial charge in [-0.2, -0.15) is 0 Å². The topological polar surface area (TPSA) is 35.0 Å². The van der Waals surface area contributed by atoms with Crippen molar-refractivity contribution in [3.8, 4) is 11.6 Å². The van der Waals surface area contributed by atoms with Crippen LogP contribution in [-0.4, -0.2) is 9.97 Å². The Morgan fingerprint density at radius 1 is 1.27 bits per heavy atom. The molecule has 1 aromatic carbocycles. The van der Waals surface area contributed by atoms with Crippen LogP contribution in [0.4, 0.5) is 4.39 Å². The maximum atomic E-state index is 12.9. The third-order valence-corrected chi connectivity index (χ3v) is 2.32. The average molecular weight is 269 g/mol. The highest BCUT2D eigenvalue weighted by Gasteiger charge is 2.04. The van der Waals surface area contributed by atoms with Crippen LogP contribution in [0.1, 0.15) is 0 Å². The van der Waals surface area contributed by atoms with Crippen molar-refractivity contribution in [3.05, 3.63) is 47.1 Å². The second-order valence-corrected chi connectivity index (χ2v) is 3.58. The number of hydrogen-bond acceptors (Lipinski definition) is 3. The Hall–Kier alpha value is -1.49. The predicted molar refractivity (Wildman–Crippen MR) is 56.2 cm³/mol. The zero-order valence-electron chi connectivity index (χ0n) is 7.52. The zero-order valence-corrected chi connectivity index (χ0v) is 9.11. The Kier molecular flexibility index (Phi) is 2.91. The molecular weight excluding hydrogens is 263 g/mol. The quantitative estimate of drug-likeness (QED) is 0.839. The third-order valence-electron chi connectivity index (χ3n) is 1.66. The first-order valence-electron chi connectivity index (χ1n) is 4.14. The summed E-state index contributed by atoms with van der Waals surface area (Å²) in [5.41, 5.74) is 0. The van der Waals surface area contributed by atoms with Crippen LogP contribution in [0.25, 0.3) is 0 Å². The van der Waals surface area contributed by atoms with E-state index >= 15 is 0 Å². The Bertz CT molecular complexity index is 464. The van der Waals surface area contributed by atoms with Crippen molar-refractivity contribution in [2.75, 3.05) is 0 Å². The normalized spacial score (nSPS) is 10.0. The molecule has 15 heavy (non-hydrogen) atoms. The fourth-order valence-electron chi connectivity index (χ4n) is 1.01. The molecule has 0 fully saturated rings. The monoisotopic (exact) mass is 268 g/mol.